The van der Waals surface area contributed by atoms with Crippen molar-refractivity contribution in [3.8, 4) is 0 Å². The molecule has 1 aliphatic rings. The molecule has 1 aromatic rings. The van der Waals surface area contributed by atoms with Gasteiger partial charge in [-0.15, -0.1) is 0 Å². The molecule has 6 heteroatoms. The van der Waals surface area contributed by atoms with E-state index >= 15 is 0 Å². The molecule has 0 bridgehead atoms. The Labute approximate surface area is 128 Å². The largest absolute Gasteiger partial charge is 0.481 e. The number of urea groups is 1. The minimum absolute atomic E-state index is 0.158. The molecule has 0 spiro atoms. The topological polar surface area (TPSA) is 69.6 Å². The van der Waals surface area contributed by atoms with Crippen LogP contribution in [0.15, 0.2) is 18.2 Å². The standard InChI is InChI=1S/C15H19ClN2O3/c1-10-2-3-12(16)9-13(10)17-15(21)18-6-4-11(5-7-18)8-14(19)20/h2-3,9,11H,4-8H2,1H3,(H,17,21)(H,19,20). The van der Waals surface area contributed by atoms with Crippen LogP contribution in [0.2, 0.25) is 5.02 Å². The highest BCUT2D eigenvalue weighted by Gasteiger charge is 2.24. The number of carboxylic acid groups (broad SMARTS) is 1. The van der Waals surface area contributed by atoms with Gasteiger partial charge in [-0.3, -0.25) is 4.79 Å². The maximum atomic E-state index is 12.2. The Kier molecular flexibility index (Phi) is 5.07. The molecule has 1 aliphatic heterocycles. The number of piperidine rings is 1. The van der Waals surface area contributed by atoms with Crippen LogP contribution in [0.1, 0.15) is 24.8 Å². The molecule has 0 radical (unpaired) electrons. The summed E-state index contributed by atoms with van der Waals surface area (Å²) in [5.41, 5.74) is 1.66. The van der Waals surface area contributed by atoms with Crippen molar-refractivity contribution in [1.29, 1.82) is 0 Å². The number of nitrogens with one attached hydrogen (secondary N) is 1. The number of aliphatic carboxylic acids is 1. The number of anilines is 1. The molecule has 2 N–H and O–H groups in total. The number of halogens is 1. The van der Waals surface area contributed by atoms with Crippen molar-refractivity contribution in [2.45, 2.75) is 26.2 Å². The van der Waals surface area contributed by atoms with Crippen molar-refractivity contribution in [2.24, 2.45) is 5.92 Å². The number of benzene rings is 1. The molecule has 2 rings (SSSR count). The Balaban J connectivity index is 1.90. The first-order valence-electron chi connectivity index (χ1n) is 6.99. The predicted molar refractivity (Wildman–Crippen MR) is 81.8 cm³/mol. The third kappa shape index (κ3) is 4.36. The Morgan fingerprint density at radius 3 is 2.67 bits per heavy atom. The monoisotopic (exact) mass is 310 g/mol. The quantitative estimate of drug-likeness (QED) is 0.899. The number of hydrogen-bond acceptors (Lipinski definition) is 2. The number of amides is 2. The first kappa shape index (κ1) is 15.6. The highest BCUT2D eigenvalue weighted by atomic mass is 35.5. The molecule has 21 heavy (non-hydrogen) atoms. The lowest BCUT2D eigenvalue weighted by Gasteiger charge is -2.31. The Bertz CT molecular complexity index is 540. The lowest BCUT2D eigenvalue weighted by atomic mass is 9.94. The van der Waals surface area contributed by atoms with Gasteiger partial charge in [-0.1, -0.05) is 17.7 Å². The number of nitrogens with zero attached hydrogens (tertiary/aromatic N) is 1. The lowest BCUT2D eigenvalue weighted by molar-refractivity contribution is -0.138. The Hall–Kier alpha value is -1.75. The van der Waals surface area contributed by atoms with Crippen molar-refractivity contribution in [3.05, 3.63) is 28.8 Å². The average Bonchev–Trinajstić information content (AvgIpc) is 2.43. The van der Waals surface area contributed by atoms with E-state index in [4.69, 9.17) is 16.7 Å². The molecule has 0 unspecified atom stereocenters. The third-order valence-electron chi connectivity index (χ3n) is 3.81. The van der Waals surface area contributed by atoms with Gasteiger partial charge in [-0.05, 0) is 43.4 Å². The second-order valence-corrected chi connectivity index (χ2v) is 5.85. The zero-order valence-corrected chi connectivity index (χ0v) is 12.7. The van der Waals surface area contributed by atoms with E-state index in [2.05, 4.69) is 5.32 Å². The molecule has 1 fully saturated rings. The molecule has 1 saturated heterocycles. The molecule has 1 heterocycles. The van der Waals surface area contributed by atoms with E-state index in [-0.39, 0.29) is 18.4 Å². The van der Waals surface area contributed by atoms with E-state index in [1.165, 1.54) is 0 Å². The van der Waals surface area contributed by atoms with Crippen LogP contribution < -0.4 is 5.32 Å². The molecule has 114 valence electrons. The van der Waals surface area contributed by atoms with Gasteiger partial charge in [0.15, 0.2) is 0 Å². The second-order valence-electron chi connectivity index (χ2n) is 5.42. The van der Waals surface area contributed by atoms with E-state index in [0.717, 1.165) is 18.4 Å². The number of aryl methyl sites for hydroxylation is 1. The minimum atomic E-state index is -0.771. The van der Waals surface area contributed by atoms with E-state index in [9.17, 15) is 9.59 Å². The van der Waals surface area contributed by atoms with Crippen molar-refractivity contribution in [3.63, 3.8) is 0 Å². The first-order valence-corrected chi connectivity index (χ1v) is 7.37. The smallest absolute Gasteiger partial charge is 0.321 e. The van der Waals surface area contributed by atoms with Crippen LogP contribution in [-0.2, 0) is 4.79 Å². The maximum Gasteiger partial charge on any atom is 0.321 e. The summed E-state index contributed by atoms with van der Waals surface area (Å²) in [6.07, 6.45) is 1.64. The minimum Gasteiger partial charge on any atom is -0.481 e. The SMILES string of the molecule is Cc1ccc(Cl)cc1NC(=O)N1CCC(CC(=O)O)CC1. The van der Waals surface area contributed by atoms with Crippen LogP contribution in [0, 0.1) is 12.8 Å². The van der Waals surface area contributed by atoms with E-state index in [0.29, 0.717) is 23.8 Å². The summed E-state index contributed by atoms with van der Waals surface area (Å²) in [7, 11) is 0. The van der Waals surface area contributed by atoms with Crippen LogP contribution in [0.25, 0.3) is 0 Å². The summed E-state index contributed by atoms with van der Waals surface area (Å²) in [6.45, 7) is 3.08. The second kappa shape index (κ2) is 6.80. The van der Waals surface area contributed by atoms with Gasteiger partial charge in [0.1, 0.15) is 0 Å². The zero-order chi connectivity index (χ0) is 15.4. The Morgan fingerprint density at radius 1 is 1.38 bits per heavy atom. The molecule has 0 aliphatic carbocycles. The molecule has 5 nitrogen and oxygen atoms in total. The summed E-state index contributed by atoms with van der Waals surface area (Å²) in [5, 5.41) is 12.2. The fraction of sp³-hybridized carbons (Fsp3) is 0.467. The summed E-state index contributed by atoms with van der Waals surface area (Å²) in [5.74, 6) is -0.605. The third-order valence-corrected chi connectivity index (χ3v) is 4.04. The number of carboxylic acids is 1. The zero-order valence-electron chi connectivity index (χ0n) is 11.9. The summed E-state index contributed by atoms with van der Waals surface area (Å²) >= 11 is 5.93. The van der Waals surface area contributed by atoms with E-state index < -0.39 is 5.97 Å². The number of hydrogen-bond donors (Lipinski definition) is 2. The molecular weight excluding hydrogens is 292 g/mol. The molecule has 1 aromatic carbocycles. The molecule has 0 aromatic heterocycles. The highest BCUT2D eigenvalue weighted by molar-refractivity contribution is 6.31. The van der Waals surface area contributed by atoms with Crippen molar-refractivity contribution < 1.29 is 14.7 Å². The summed E-state index contributed by atoms with van der Waals surface area (Å²) in [4.78, 5) is 24.6. The predicted octanol–water partition coefficient (Wildman–Crippen LogP) is 3.37. The summed E-state index contributed by atoms with van der Waals surface area (Å²) < 4.78 is 0. The van der Waals surface area contributed by atoms with Crippen LogP contribution in [0.4, 0.5) is 10.5 Å². The molecule has 0 atom stereocenters. The van der Waals surface area contributed by atoms with Gasteiger partial charge in [-0.2, -0.15) is 0 Å². The fourth-order valence-corrected chi connectivity index (χ4v) is 2.68. The van der Waals surface area contributed by atoms with Crippen LogP contribution >= 0.6 is 11.6 Å². The van der Waals surface area contributed by atoms with Gasteiger partial charge < -0.3 is 15.3 Å². The number of rotatable bonds is 3. The van der Waals surface area contributed by atoms with Crippen molar-refractivity contribution >= 4 is 29.3 Å². The van der Waals surface area contributed by atoms with Crippen LogP contribution in [0.3, 0.4) is 0 Å². The first-order chi connectivity index (χ1) is 9.95. The lowest BCUT2D eigenvalue weighted by Crippen LogP contribution is -2.41. The molecular formula is C15H19ClN2O3. The van der Waals surface area contributed by atoms with Gasteiger partial charge in [0.25, 0.3) is 0 Å². The van der Waals surface area contributed by atoms with Gasteiger partial charge in [0.2, 0.25) is 0 Å². The van der Waals surface area contributed by atoms with Gasteiger partial charge in [0.05, 0.1) is 0 Å². The number of likely N-dealkylation sites (tertiary alicyclic amines) is 1. The van der Waals surface area contributed by atoms with E-state index in [1.54, 1.807) is 17.0 Å². The normalized spacial score (nSPS) is 15.8. The fourth-order valence-electron chi connectivity index (χ4n) is 2.51. The van der Waals surface area contributed by atoms with Crippen molar-refractivity contribution in [1.82, 2.24) is 4.90 Å². The van der Waals surface area contributed by atoms with E-state index in [1.807, 2.05) is 13.0 Å². The highest BCUT2D eigenvalue weighted by Crippen LogP contribution is 2.23. The maximum absolute atomic E-state index is 12.2. The number of carbonyl (C=O) groups excluding carboxylic acids is 1. The molecule has 2 amide bonds. The van der Waals surface area contributed by atoms with Crippen LogP contribution in [-0.4, -0.2) is 35.1 Å². The Morgan fingerprint density at radius 2 is 2.05 bits per heavy atom. The van der Waals surface area contributed by atoms with Gasteiger partial charge >= 0.3 is 12.0 Å². The van der Waals surface area contributed by atoms with Crippen LogP contribution in [0.5, 0.6) is 0 Å². The molecule has 0 saturated carbocycles. The summed E-state index contributed by atoms with van der Waals surface area (Å²) in [6, 6.07) is 5.21. The van der Waals surface area contributed by atoms with Gasteiger partial charge in [0, 0.05) is 30.2 Å². The average molecular weight is 311 g/mol. The van der Waals surface area contributed by atoms with Crippen molar-refractivity contribution in [2.75, 3.05) is 18.4 Å². The van der Waals surface area contributed by atoms with Gasteiger partial charge in [-0.25, -0.2) is 4.79 Å². The number of carbonyl (C=O) groups is 2.